The number of halogens is 1. The number of aromatic nitrogens is 2. The third-order valence-corrected chi connectivity index (χ3v) is 3.94. The van der Waals surface area contributed by atoms with Crippen molar-refractivity contribution in [3.05, 3.63) is 10.7 Å². The van der Waals surface area contributed by atoms with E-state index in [0.717, 1.165) is 29.3 Å². The van der Waals surface area contributed by atoms with Crippen LogP contribution in [0.4, 0.5) is 11.8 Å². The van der Waals surface area contributed by atoms with Crippen LogP contribution >= 0.6 is 15.9 Å². The van der Waals surface area contributed by atoms with Crippen LogP contribution < -0.4 is 10.6 Å². The minimum atomic E-state index is 0.687. The third kappa shape index (κ3) is 3.83. The van der Waals surface area contributed by atoms with E-state index in [1.807, 2.05) is 6.92 Å². The summed E-state index contributed by atoms with van der Waals surface area (Å²) in [7, 11) is 0. The van der Waals surface area contributed by atoms with Crippen LogP contribution in [0.25, 0.3) is 0 Å². The fourth-order valence-corrected chi connectivity index (χ4v) is 2.70. The molecule has 0 amide bonds. The van der Waals surface area contributed by atoms with Crippen LogP contribution in [0.2, 0.25) is 0 Å². The first-order valence-electron chi connectivity index (χ1n) is 6.80. The summed E-state index contributed by atoms with van der Waals surface area (Å²) in [6.07, 6.45) is 8.64. The van der Waals surface area contributed by atoms with E-state index >= 15 is 0 Å². The topological polar surface area (TPSA) is 49.8 Å². The molecule has 18 heavy (non-hydrogen) atoms. The van der Waals surface area contributed by atoms with E-state index in [2.05, 4.69) is 36.5 Å². The summed E-state index contributed by atoms with van der Waals surface area (Å²) < 4.78 is 0.931. The zero-order valence-corrected chi connectivity index (χ0v) is 12.5. The summed E-state index contributed by atoms with van der Waals surface area (Å²) in [5, 5.41) is 6.57. The maximum absolute atomic E-state index is 4.47. The molecule has 1 aromatic heterocycles. The molecule has 1 aliphatic rings. The summed E-state index contributed by atoms with van der Waals surface area (Å²) in [5.74, 6) is 2.38. The van der Waals surface area contributed by atoms with Crippen molar-refractivity contribution in [3.8, 4) is 0 Å². The second kappa shape index (κ2) is 6.92. The van der Waals surface area contributed by atoms with Gasteiger partial charge in [0.1, 0.15) is 5.82 Å². The lowest BCUT2D eigenvalue weighted by molar-refractivity contribution is 0.373. The first kappa shape index (κ1) is 13.6. The molecule has 0 atom stereocenters. The SMILES string of the molecule is CCNc1ncc(Br)c(NCC2CCCCC2)n1. The molecular weight excluding hydrogens is 292 g/mol. The van der Waals surface area contributed by atoms with Crippen LogP contribution in [0.3, 0.4) is 0 Å². The maximum atomic E-state index is 4.47. The lowest BCUT2D eigenvalue weighted by atomic mass is 9.89. The standard InChI is InChI=1S/C13H21BrN4/c1-2-15-13-17-9-11(14)12(18-13)16-8-10-6-4-3-5-7-10/h9-10H,2-8H2,1H3,(H2,15,16,17,18). The van der Waals surface area contributed by atoms with Gasteiger partial charge in [0, 0.05) is 19.3 Å². The molecule has 0 spiro atoms. The largest absolute Gasteiger partial charge is 0.369 e. The van der Waals surface area contributed by atoms with Gasteiger partial charge < -0.3 is 10.6 Å². The number of rotatable bonds is 5. The number of anilines is 2. The minimum absolute atomic E-state index is 0.687. The Kier molecular flexibility index (Phi) is 5.23. The van der Waals surface area contributed by atoms with Gasteiger partial charge in [-0.2, -0.15) is 4.98 Å². The Bertz CT molecular complexity index is 377. The first-order valence-corrected chi connectivity index (χ1v) is 7.59. The van der Waals surface area contributed by atoms with Gasteiger partial charge in [0.05, 0.1) is 4.47 Å². The van der Waals surface area contributed by atoms with Gasteiger partial charge >= 0.3 is 0 Å². The van der Waals surface area contributed by atoms with Gasteiger partial charge in [-0.3, -0.25) is 0 Å². The monoisotopic (exact) mass is 312 g/mol. The Hall–Kier alpha value is -0.840. The van der Waals surface area contributed by atoms with Crippen LogP contribution in [0, 0.1) is 5.92 Å². The van der Waals surface area contributed by atoms with Gasteiger partial charge in [0.25, 0.3) is 0 Å². The van der Waals surface area contributed by atoms with Crippen LogP contribution in [0.15, 0.2) is 10.7 Å². The number of nitrogens with zero attached hydrogens (tertiary/aromatic N) is 2. The summed E-state index contributed by atoms with van der Waals surface area (Å²) in [5.41, 5.74) is 0. The molecule has 0 aromatic carbocycles. The highest BCUT2D eigenvalue weighted by molar-refractivity contribution is 9.10. The highest BCUT2D eigenvalue weighted by Gasteiger charge is 2.14. The van der Waals surface area contributed by atoms with Crippen LogP contribution in [-0.4, -0.2) is 23.1 Å². The fourth-order valence-electron chi connectivity index (χ4n) is 2.37. The average molecular weight is 313 g/mol. The smallest absolute Gasteiger partial charge is 0.224 e. The fraction of sp³-hybridized carbons (Fsp3) is 0.692. The Morgan fingerprint density at radius 1 is 1.28 bits per heavy atom. The quantitative estimate of drug-likeness (QED) is 0.871. The van der Waals surface area contributed by atoms with Crippen LogP contribution in [0.5, 0.6) is 0 Å². The second-order valence-electron chi connectivity index (χ2n) is 4.81. The molecule has 4 nitrogen and oxygen atoms in total. The van der Waals surface area contributed by atoms with Gasteiger partial charge in [-0.1, -0.05) is 19.3 Å². The molecule has 5 heteroatoms. The Morgan fingerprint density at radius 3 is 2.78 bits per heavy atom. The molecule has 1 aromatic rings. The van der Waals surface area contributed by atoms with E-state index in [9.17, 15) is 0 Å². The highest BCUT2D eigenvalue weighted by Crippen LogP contribution is 2.25. The zero-order valence-electron chi connectivity index (χ0n) is 10.9. The van der Waals surface area contributed by atoms with Gasteiger partial charge in [-0.15, -0.1) is 0 Å². The van der Waals surface area contributed by atoms with E-state index in [0.29, 0.717) is 5.95 Å². The van der Waals surface area contributed by atoms with Gasteiger partial charge in [-0.25, -0.2) is 4.98 Å². The van der Waals surface area contributed by atoms with Gasteiger partial charge in [-0.05, 0) is 41.6 Å². The van der Waals surface area contributed by atoms with Crippen molar-refractivity contribution in [2.24, 2.45) is 5.92 Å². The zero-order chi connectivity index (χ0) is 12.8. The normalized spacial score (nSPS) is 16.6. The Labute approximate surface area is 117 Å². The molecule has 1 fully saturated rings. The lowest BCUT2D eigenvalue weighted by Crippen LogP contribution is -2.18. The Morgan fingerprint density at radius 2 is 2.06 bits per heavy atom. The van der Waals surface area contributed by atoms with Crippen molar-refractivity contribution < 1.29 is 0 Å². The maximum Gasteiger partial charge on any atom is 0.224 e. The number of hydrogen-bond acceptors (Lipinski definition) is 4. The van der Waals surface area contributed by atoms with Crippen molar-refractivity contribution >= 4 is 27.7 Å². The van der Waals surface area contributed by atoms with E-state index in [-0.39, 0.29) is 0 Å². The molecule has 0 radical (unpaired) electrons. The molecule has 1 saturated carbocycles. The van der Waals surface area contributed by atoms with Crippen molar-refractivity contribution in [3.63, 3.8) is 0 Å². The van der Waals surface area contributed by atoms with Gasteiger partial charge in [0.2, 0.25) is 5.95 Å². The molecule has 2 N–H and O–H groups in total. The third-order valence-electron chi connectivity index (χ3n) is 3.36. The van der Waals surface area contributed by atoms with E-state index in [4.69, 9.17) is 0 Å². The van der Waals surface area contributed by atoms with E-state index < -0.39 is 0 Å². The van der Waals surface area contributed by atoms with Crippen molar-refractivity contribution in [2.75, 3.05) is 23.7 Å². The summed E-state index contributed by atoms with van der Waals surface area (Å²) >= 11 is 3.49. The van der Waals surface area contributed by atoms with Crippen LogP contribution in [-0.2, 0) is 0 Å². The predicted molar refractivity (Wildman–Crippen MR) is 79.0 cm³/mol. The highest BCUT2D eigenvalue weighted by atomic mass is 79.9. The molecule has 0 saturated heterocycles. The number of hydrogen-bond donors (Lipinski definition) is 2. The molecule has 100 valence electrons. The van der Waals surface area contributed by atoms with Gasteiger partial charge in [0.15, 0.2) is 0 Å². The lowest BCUT2D eigenvalue weighted by Gasteiger charge is -2.22. The van der Waals surface area contributed by atoms with E-state index in [1.165, 1.54) is 32.1 Å². The molecule has 0 bridgehead atoms. The molecular formula is C13H21BrN4. The Balaban J connectivity index is 1.92. The average Bonchev–Trinajstić information content (AvgIpc) is 2.41. The summed E-state index contributed by atoms with van der Waals surface area (Å²) in [4.78, 5) is 8.68. The van der Waals surface area contributed by atoms with Crippen molar-refractivity contribution in [1.82, 2.24) is 9.97 Å². The minimum Gasteiger partial charge on any atom is -0.369 e. The molecule has 2 rings (SSSR count). The molecule has 1 aliphatic carbocycles. The number of nitrogens with one attached hydrogen (secondary N) is 2. The molecule has 1 heterocycles. The predicted octanol–water partition coefficient (Wildman–Crippen LogP) is 3.66. The summed E-state index contributed by atoms with van der Waals surface area (Å²) in [6, 6.07) is 0. The molecule has 0 unspecified atom stereocenters. The van der Waals surface area contributed by atoms with Crippen molar-refractivity contribution in [1.29, 1.82) is 0 Å². The van der Waals surface area contributed by atoms with E-state index in [1.54, 1.807) is 6.20 Å². The second-order valence-corrected chi connectivity index (χ2v) is 5.66. The van der Waals surface area contributed by atoms with Crippen LogP contribution in [0.1, 0.15) is 39.0 Å². The summed E-state index contributed by atoms with van der Waals surface area (Å²) in [6.45, 7) is 3.89. The van der Waals surface area contributed by atoms with Crippen molar-refractivity contribution in [2.45, 2.75) is 39.0 Å². The first-order chi connectivity index (χ1) is 8.79. The molecule has 0 aliphatic heterocycles.